The largest absolute Gasteiger partial charge is 0.298 e. The van der Waals surface area contributed by atoms with E-state index in [1.165, 1.54) is 22.5 Å². The molecule has 1 aromatic heterocycles. The number of thioether (sulfide) groups is 1. The Kier molecular flexibility index (Phi) is 6.08. The first-order valence-corrected chi connectivity index (χ1v) is 11.3. The molecule has 0 atom stereocenters. The van der Waals surface area contributed by atoms with Crippen molar-refractivity contribution in [3.8, 4) is 22.4 Å². The molecule has 3 nitrogen and oxygen atoms in total. The molecule has 1 N–H and O–H groups in total. The summed E-state index contributed by atoms with van der Waals surface area (Å²) in [6.45, 7) is 2.08. The molecule has 0 aliphatic heterocycles. The van der Waals surface area contributed by atoms with E-state index in [1.807, 2.05) is 47.8 Å². The molecule has 4 rings (SSSR count). The Morgan fingerprint density at radius 1 is 0.897 bits per heavy atom. The first-order valence-electron chi connectivity index (χ1n) is 9.39. The zero-order chi connectivity index (χ0) is 20.1. The number of nitrogens with one attached hydrogen (secondary N) is 1. The van der Waals surface area contributed by atoms with Gasteiger partial charge in [-0.05, 0) is 29.0 Å². The van der Waals surface area contributed by atoms with Gasteiger partial charge in [-0.2, -0.15) is 0 Å². The van der Waals surface area contributed by atoms with Crippen LogP contribution in [0.1, 0.15) is 17.3 Å². The number of anilines is 1. The molecule has 0 aliphatic carbocycles. The maximum absolute atomic E-state index is 12.7. The van der Waals surface area contributed by atoms with Gasteiger partial charge < -0.3 is 0 Å². The Labute approximate surface area is 178 Å². The Bertz CT molecular complexity index is 1110. The summed E-state index contributed by atoms with van der Waals surface area (Å²) in [6, 6.07) is 26.3. The van der Waals surface area contributed by atoms with Crippen LogP contribution >= 0.6 is 23.1 Å². The van der Waals surface area contributed by atoms with Crippen molar-refractivity contribution in [2.45, 2.75) is 11.8 Å². The Morgan fingerprint density at radius 3 is 2.31 bits per heavy atom. The lowest BCUT2D eigenvalue weighted by Crippen LogP contribution is -2.12. The molecule has 0 saturated carbocycles. The molecule has 0 fully saturated rings. The summed E-state index contributed by atoms with van der Waals surface area (Å²) in [5, 5.41) is 5.52. The smallest absolute Gasteiger partial charge is 0.258 e. The van der Waals surface area contributed by atoms with Crippen LogP contribution in [0.5, 0.6) is 0 Å². The van der Waals surface area contributed by atoms with Crippen LogP contribution < -0.4 is 5.32 Å². The molecular weight excluding hydrogens is 396 g/mol. The van der Waals surface area contributed by atoms with Gasteiger partial charge >= 0.3 is 0 Å². The number of carbonyl (C=O) groups is 1. The molecule has 0 saturated heterocycles. The molecule has 4 aromatic rings. The summed E-state index contributed by atoms with van der Waals surface area (Å²) in [4.78, 5) is 18.3. The Morgan fingerprint density at radius 2 is 1.55 bits per heavy atom. The van der Waals surface area contributed by atoms with E-state index < -0.39 is 0 Å². The maximum Gasteiger partial charge on any atom is 0.258 e. The molecular formula is C24H20N2OS2. The highest BCUT2D eigenvalue weighted by Gasteiger charge is 2.13. The number of hydrogen-bond acceptors (Lipinski definition) is 4. The number of aromatic nitrogens is 1. The lowest BCUT2D eigenvalue weighted by Gasteiger charge is -2.07. The average Bonchev–Trinajstić information content (AvgIpc) is 3.23. The number of rotatable bonds is 6. The van der Waals surface area contributed by atoms with Gasteiger partial charge in [0.15, 0.2) is 5.13 Å². The highest BCUT2D eigenvalue weighted by atomic mass is 32.2. The van der Waals surface area contributed by atoms with Crippen molar-refractivity contribution in [2.75, 3.05) is 11.1 Å². The first kappa shape index (κ1) is 19.4. The lowest BCUT2D eigenvalue weighted by atomic mass is 10.0. The molecule has 0 spiro atoms. The molecule has 1 amide bonds. The fourth-order valence-corrected chi connectivity index (χ4v) is 4.54. The van der Waals surface area contributed by atoms with Gasteiger partial charge in [-0.25, -0.2) is 4.98 Å². The number of hydrogen-bond donors (Lipinski definition) is 1. The SMILES string of the molecule is CCSc1ccccc1C(=O)Nc1nc(-c2ccc(-c3ccccc3)cc2)cs1. The molecule has 1 heterocycles. The Hall–Kier alpha value is -2.89. The predicted octanol–water partition coefficient (Wildman–Crippen LogP) is 6.84. The van der Waals surface area contributed by atoms with Crippen LogP contribution in [0.15, 0.2) is 89.1 Å². The lowest BCUT2D eigenvalue weighted by molar-refractivity contribution is 0.102. The summed E-state index contributed by atoms with van der Waals surface area (Å²) in [7, 11) is 0. The van der Waals surface area contributed by atoms with E-state index in [0.717, 1.165) is 21.9 Å². The molecule has 0 unspecified atom stereocenters. The third-order valence-electron chi connectivity index (χ3n) is 4.44. The molecule has 3 aromatic carbocycles. The third-order valence-corrected chi connectivity index (χ3v) is 6.16. The summed E-state index contributed by atoms with van der Waals surface area (Å²) in [5.74, 6) is 0.798. The van der Waals surface area contributed by atoms with E-state index in [4.69, 9.17) is 0 Å². The van der Waals surface area contributed by atoms with E-state index in [1.54, 1.807) is 11.8 Å². The number of nitrogens with zero attached hydrogens (tertiary/aromatic N) is 1. The normalized spacial score (nSPS) is 10.7. The fourth-order valence-electron chi connectivity index (χ4n) is 3.03. The molecule has 0 radical (unpaired) electrons. The second kappa shape index (κ2) is 9.07. The van der Waals surface area contributed by atoms with Gasteiger partial charge in [0.1, 0.15) is 0 Å². The van der Waals surface area contributed by atoms with Crippen molar-refractivity contribution in [3.05, 3.63) is 89.8 Å². The minimum atomic E-state index is -0.123. The molecule has 0 bridgehead atoms. The van der Waals surface area contributed by atoms with Crippen molar-refractivity contribution in [3.63, 3.8) is 0 Å². The van der Waals surface area contributed by atoms with Crippen LogP contribution in [0.2, 0.25) is 0 Å². The highest BCUT2D eigenvalue weighted by molar-refractivity contribution is 7.99. The van der Waals surface area contributed by atoms with Gasteiger partial charge in [0.25, 0.3) is 5.91 Å². The quantitative estimate of drug-likeness (QED) is 0.350. The van der Waals surface area contributed by atoms with E-state index in [0.29, 0.717) is 10.7 Å². The number of thiazole rings is 1. The summed E-state index contributed by atoms with van der Waals surface area (Å²) in [6.07, 6.45) is 0. The summed E-state index contributed by atoms with van der Waals surface area (Å²) in [5.41, 5.74) is 4.94. The minimum Gasteiger partial charge on any atom is -0.298 e. The van der Waals surface area contributed by atoms with Gasteiger partial charge in [0.2, 0.25) is 0 Å². The number of benzene rings is 3. The number of carbonyl (C=O) groups excluding carboxylic acids is 1. The number of amides is 1. The highest BCUT2D eigenvalue weighted by Crippen LogP contribution is 2.29. The van der Waals surface area contributed by atoms with E-state index >= 15 is 0 Å². The Balaban J connectivity index is 1.49. The average molecular weight is 417 g/mol. The standard InChI is InChI=1S/C24H20N2OS2/c1-2-28-22-11-7-6-10-20(22)23(27)26-24-25-21(16-29-24)19-14-12-18(13-15-19)17-8-4-3-5-9-17/h3-16H,2H2,1H3,(H,25,26,27). The van der Waals surface area contributed by atoms with Crippen LogP contribution in [0.25, 0.3) is 22.4 Å². The zero-order valence-corrected chi connectivity index (χ0v) is 17.6. The van der Waals surface area contributed by atoms with Crippen molar-refractivity contribution in [2.24, 2.45) is 0 Å². The predicted molar refractivity (Wildman–Crippen MR) is 124 cm³/mol. The van der Waals surface area contributed by atoms with Crippen LogP contribution in [0.3, 0.4) is 0 Å². The maximum atomic E-state index is 12.7. The first-order chi connectivity index (χ1) is 14.2. The van der Waals surface area contributed by atoms with Crippen LogP contribution in [-0.2, 0) is 0 Å². The van der Waals surface area contributed by atoms with Crippen molar-refractivity contribution < 1.29 is 4.79 Å². The zero-order valence-electron chi connectivity index (χ0n) is 16.0. The van der Waals surface area contributed by atoms with E-state index in [-0.39, 0.29) is 5.91 Å². The molecule has 5 heteroatoms. The summed E-state index contributed by atoms with van der Waals surface area (Å²) >= 11 is 3.10. The van der Waals surface area contributed by atoms with Gasteiger partial charge in [0.05, 0.1) is 11.3 Å². The van der Waals surface area contributed by atoms with Crippen molar-refractivity contribution in [1.82, 2.24) is 4.98 Å². The van der Waals surface area contributed by atoms with Crippen LogP contribution in [-0.4, -0.2) is 16.6 Å². The fraction of sp³-hybridized carbons (Fsp3) is 0.0833. The van der Waals surface area contributed by atoms with Crippen LogP contribution in [0.4, 0.5) is 5.13 Å². The third kappa shape index (κ3) is 4.58. The van der Waals surface area contributed by atoms with Crippen molar-refractivity contribution in [1.29, 1.82) is 0 Å². The van der Waals surface area contributed by atoms with Gasteiger partial charge in [-0.3, -0.25) is 10.1 Å². The van der Waals surface area contributed by atoms with E-state index in [2.05, 4.69) is 53.6 Å². The van der Waals surface area contributed by atoms with Gasteiger partial charge in [-0.1, -0.05) is 73.7 Å². The van der Waals surface area contributed by atoms with Crippen LogP contribution in [0, 0.1) is 0 Å². The summed E-state index contributed by atoms with van der Waals surface area (Å²) < 4.78 is 0. The topological polar surface area (TPSA) is 42.0 Å². The van der Waals surface area contributed by atoms with E-state index in [9.17, 15) is 4.79 Å². The second-order valence-electron chi connectivity index (χ2n) is 6.36. The van der Waals surface area contributed by atoms with Gasteiger partial charge in [-0.15, -0.1) is 23.1 Å². The second-order valence-corrected chi connectivity index (χ2v) is 8.53. The molecule has 29 heavy (non-hydrogen) atoms. The minimum absolute atomic E-state index is 0.123. The molecule has 144 valence electrons. The monoisotopic (exact) mass is 416 g/mol. The van der Waals surface area contributed by atoms with Gasteiger partial charge in [0, 0.05) is 15.8 Å². The molecule has 0 aliphatic rings. The van der Waals surface area contributed by atoms with Crippen molar-refractivity contribution >= 4 is 34.1 Å².